The van der Waals surface area contributed by atoms with Crippen molar-refractivity contribution >= 4 is 17.3 Å². The number of hydrogen-bond donors (Lipinski definition) is 2. The highest BCUT2D eigenvalue weighted by molar-refractivity contribution is 6.01. The Hall–Kier alpha value is -2.33. The molecule has 0 saturated carbocycles. The van der Waals surface area contributed by atoms with Crippen LogP contribution >= 0.6 is 0 Å². The predicted molar refractivity (Wildman–Crippen MR) is 90.0 cm³/mol. The van der Waals surface area contributed by atoms with E-state index in [1.165, 1.54) is 5.56 Å². The summed E-state index contributed by atoms with van der Waals surface area (Å²) in [5.74, 6) is 0.0745. The molecule has 1 heterocycles. The van der Waals surface area contributed by atoms with Crippen LogP contribution in [0.15, 0.2) is 48.5 Å². The van der Waals surface area contributed by atoms with Gasteiger partial charge in [0.1, 0.15) is 0 Å². The molecule has 4 nitrogen and oxygen atoms in total. The minimum Gasteiger partial charge on any atom is -0.383 e. The van der Waals surface area contributed by atoms with Crippen LogP contribution in [0.3, 0.4) is 0 Å². The molecule has 1 aliphatic rings. The number of anilines is 2. The zero-order valence-corrected chi connectivity index (χ0v) is 12.8. The number of rotatable bonds is 6. The van der Waals surface area contributed by atoms with Gasteiger partial charge in [-0.2, -0.15) is 0 Å². The molecule has 0 aliphatic carbocycles. The van der Waals surface area contributed by atoms with Crippen molar-refractivity contribution < 1.29 is 4.79 Å². The van der Waals surface area contributed by atoms with E-state index in [2.05, 4.69) is 46.8 Å². The van der Waals surface area contributed by atoms with Crippen molar-refractivity contribution in [2.24, 2.45) is 0 Å². The predicted octanol–water partition coefficient (Wildman–Crippen LogP) is 2.73. The van der Waals surface area contributed by atoms with E-state index in [0.29, 0.717) is 6.42 Å². The first kappa shape index (κ1) is 14.6. The number of amides is 1. The third-order valence-corrected chi connectivity index (χ3v) is 3.89. The second kappa shape index (κ2) is 6.62. The first-order valence-corrected chi connectivity index (χ1v) is 7.60. The molecular formula is C18H21N3O. The summed E-state index contributed by atoms with van der Waals surface area (Å²) in [6.07, 6.45) is 0.471. The Morgan fingerprint density at radius 3 is 2.77 bits per heavy atom. The lowest BCUT2D eigenvalue weighted by molar-refractivity contribution is -0.115. The molecule has 0 aromatic heterocycles. The van der Waals surface area contributed by atoms with Gasteiger partial charge in [-0.15, -0.1) is 0 Å². The molecule has 0 atom stereocenters. The highest BCUT2D eigenvalue weighted by Crippen LogP contribution is 2.29. The Labute approximate surface area is 131 Å². The zero-order valence-electron chi connectivity index (χ0n) is 12.8. The monoisotopic (exact) mass is 295 g/mol. The molecule has 1 aliphatic heterocycles. The van der Waals surface area contributed by atoms with E-state index < -0.39 is 0 Å². The summed E-state index contributed by atoms with van der Waals surface area (Å²) >= 11 is 0. The van der Waals surface area contributed by atoms with Crippen molar-refractivity contribution in [3.63, 3.8) is 0 Å². The maximum absolute atomic E-state index is 11.5. The topological polar surface area (TPSA) is 44.4 Å². The standard InChI is InChI=1S/C18H21N3O/c1-21(13-14-6-3-2-4-7-14)11-10-19-16-8-5-9-17-15(16)12-18(22)20-17/h2-9,19H,10-13H2,1H3,(H,20,22). The van der Waals surface area contributed by atoms with Gasteiger partial charge in [0.15, 0.2) is 0 Å². The van der Waals surface area contributed by atoms with Crippen molar-refractivity contribution in [2.45, 2.75) is 13.0 Å². The number of nitrogens with zero attached hydrogens (tertiary/aromatic N) is 1. The lowest BCUT2D eigenvalue weighted by Crippen LogP contribution is -2.25. The van der Waals surface area contributed by atoms with E-state index in [-0.39, 0.29) is 5.91 Å². The van der Waals surface area contributed by atoms with Crippen LogP contribution in [0.2, 0.25) is 0 Å². The van der Waals surface area contributed by atoms with Crippen LogP contribution in [-0.2, 0) is 17.8 Å². The Balaban J connectivity index is 1.52. The minimum atomic E-state index is 0.0745. The summed E-state index contributed by atoms with van der Waals surface area (Å²) in [4.78, 5) is 13.8. The maximum Gasteiger partial charge on any atom is 0.228 e. The number of hydrogen-bond acceptors (Lipinski definition) is 3. The number of nitrogens with one attached hydrogen (secondary N) is 2. The quantitative estimate of drug-likeness (QED) is 0.861. The summed E-state index contributed by atoms with van der Waals surface area (Å²) in [5, 5.41) is 6.33. The van der Waals surface area contributed by atoms with E-state index in [1.807, 2.05) is 24.3 Å². The van der Waals surface area contributed by atoms with Crippen molar-refractivity contribution in [1.82, 2.24) is 4.90 Å². The molecule has 0 saturated heterocycles. The molecule has 0 unspecified atom stereocenters. The molecule has 114 valence electrons. The van der Waals surface area contributed by atoms with Crippen LogP contribution in [0.25, 0.3) is 0 Å². The van der Waals surface area contributed by atoms with Gasteiger partial charge in [0.25, 0.3) is 0 Å². The highest BCUT2D eigenvalue weighted by Gasteiger charge is 2.20. The molecule has 0 spiro atoms. The number of benzene rings is 2. The molecule has 2 aromatic carbocycles. The van der Waals surface area contributed by atoms with Gasteiger partial charge in [-0.1, -0.05) is 36.4 Å². The minimum absolute atomic E-state index is 0.0745. The van der Waals surface area contributed by atoms with Crippen molar-refractivity contribution in [1.29, 1.82) is 0 Å². The lowest BCUT2D eigenvalue weighted by Gasteiger charge is -2.18. The number of fused-ring (bicyclic) bond motifs is 1. The molecule has 2 N–H and O–H groups in total. The Kier molecular flexibility index (Phi) is 4.39. The van der Waals surface area contributed by atoms with Crippen molar-refractivity contribution in [3.05, 3.63) is 59.7 Å². The van der Waals surface area contributed by atoms with Gasteiger partial charge in [0.05, 0.1) is 6.42 Å². The Bertz CT molecular complexity index is 655. The van der Waals surface area contributed by atoms with Gasteiger partial charge in [-0.25, -0.2) is 0 Å². The highest BCUT2D eigenvalue weighted by atomic mass is 16.1. The van der Waals surface area contributed by atoms with Gasteiger partial charge in [0.2, 0.25) is 5.91 Å². The van der Waals surface area contributed by atoms with Crippen LogP contribution < -0.4 is 10.6 Å². The number of likely N-dealkylation sites (N-methyl/N-ethyl adjacent to an activating group) is 1. The fourth-order valence-electron chi connectivity index (χ4n) is 2.77. The summed E-state index contributed by atoms with van der Waals surface area (Å²) in [6, 6.07) is 16.4. The van der Waals surface area contributed by atoms with Gasteiger partial charge < -0.3 is 15.5 Å². The Morgan fingerprint density at radius 1 is 1.14 bits per heavy atom. The van der Waals surface area contributed by atoms with E-state index in [4.69, 9.17) is 0 Å². The first-order valence-electron chi connectivity index (χ1n) is 7.60. The van der Waals surface area contributed by atoms with Crippen LogP contribution in [0.4, 0.5) is 11.4 Å². The molecule has 0 bridgehead atoms. The zero-order chi connectivity index (χ0) is 15.4. The smallest absolute Gasteiger partial charge is 0.228 e. The first-order chi connectivity index (χ1) is 10.7. The molecule has 22 heavy (non-hydrogen) atoms. The van der Waals surface area contributed by atoms with Crippen LogP contribution in [0.5, 0.6) is 0 Å². The third kappa shape index (κ3) is 3.46. The number of carbonyl (C=O) groups excluding carboxylic acids is 1. The van der Waals surface area contributed by atoms with Crippen LogP contribution in [0.1, 0.15) is 11.1 Å². The van der Waals surface area contributed by atoms with E-state index >= 15 is 0 Å². The van der Waals surface area contributed by atoms with Gasteiger partial charge in [-0.3, -0.25) is 4.79 Å². The summed E-state index contributed by atoms with van der Waals surface area (Å²) in [5.41, 5.74) is 4.40. The van der Waals surface area contributed by atoms with Crippen molar-refractivity contribution in [2.75, 3.05) is 30.8 Å². The van der Waals surface area contributed by atoms with Gasteiger partial charge >= 0.3 is 0 Å². The summed E-state index contributed by atoms with van der Waals surface area (Å²) < 4.78 is 0. The number of carbonyl (C=O) groups is 1. The fourth-order valence-corrected chi connectivity index (χ4v) is 2.77. The van der Waals surface area contributed by atoms with E-state index in [1.54, 1.807) is 0 Å². The normalized spacial score (nSPS) is 13.1. The van der Waals surface area contributed by atoms with Crippen molar-refractivity contribution in [3.8, 4) is 0 Å². The lowest BCUT2D eigenvalue weighted by atomic mass is 10.1. The molecule has 1 amide bonds. The van der Waals surface area contributed by atoms with Gasteiger partial charge in [0, 0.05) is 36.6 Å². The average molecular weight is 295 g/mol. The molecule has 2 aromatic rings. The molecular weight excluding hydrogens is 274 g/mol. The second-order valence-electron chi connectivity index (χ2n) is 5.71. The molecule has 0 fully saturated rings. The molecule has 3 rings (SSSR count). The fraction of sp³-hybridized carbons (Fsp3) is 0.278. The SMILES string of the molecule is CN(CCNc1cccc2c1CC(=O)N2)Cc1ccccc1. The van der Waals surface area contributed by atoms with Gasteiger partial charge in [-0.05, 0) is 24.7 Å². The van der Waals surface area contributed by atoms with Crippen LogP contribution in [-0.4, -0.2) is 30.9 Å². The molecule has 0 radical (unpaired) electrons. The largest absolute Gasteiger partial charge is 0.383 e. The van der Waals surface area contributed by atoms with E-state index in [0.717, 1.165) is 36.6 Å². The molecule has 4 heteroatoms. The Morgan fingerprint density at radius 2 is 1.95 bits per heavy atom. The summed E-state index contributed by atoms with van der Waals surface area (Å²) in [6.45, 7) is 2.74. The van der Waals surface area contributed by atoms with E-state index in [9.17, 15) is 4.79 Å². The summed E-state index contributed by atoms with van der Waals surface area (Å²) in [7, 11) is 2.12. The average Bonchev–Trinajstić information content (AvgIpc) is 2.89. The maximum atomic E-state index is 11.5. The third-order valence-electron chi connectivity index (χ3n) is 3.89. The van der Waals surface area contributed by atoms with Crippen LogP contribution in [0, 0.1) is 0 Å². The second-order valence-corrected chi connectivity index (χ2v) is 5.71.